The molecule has 4 rings (SSSR count). The third-order valence-electron chi connectivity index (χ3n) is 4.68. The predicted octanol–water partition coefficient (Wildman–Crippen LogP) is 2.23. The van der Waals surface area contributed by atoms with E-state index >= 15 is 0 Å². The van der Waals surface area contributed by atoms with E-state index in [4.69, 9.17) is 0 Å². The maximum Gasteiger partial charge on any atom is 0.257 e. The molecule has 9 nitrogen and oxygen atoms in total. The fourth-order valence-corrected chi connectivity index (χ4v) is 3.07. The Balaban J connectivity index is 1.46. The lowest BCUT2D eigenvalue weighted by molar-refractivity contribution is 0.102. The summed E-state index contributed by atoms with van der Waals surface area (Å²) in [6.45, 7) is 5.54. The molecule has 0 saturated carbocycles. The average molecular weight is 404 g/mol. The summed E-state index contributed by atoms with van der Waals surface area (Å²) in [5, 5.41) is 9.30. The second kappa shape index (κ2) is 9.27. The Bertz CT molecular complexity index is 988. The zero-order chi connectivity index (χ0) is 20.8. The van der Waals surface area contributed by atoms with E-state index in [1.165, 1.54) is 6.20 Å². The minimum atomic E-state index is -0.213. The van der Waals surface area contributed by atoms with Crippen LogP contribution in [-0.4, -0.2) is 52.0 Å². The fourth-order valence-electron chi connectivity index (χ4n) is 3.07. The summed E-state index contributed by atoms with van der Waals surface area (Å²) in [4.78, 5) is 32.4. The lowest BCUT2D eigenvalue weighted by Gasteiger charge is -2.27. The molecule has 30 heavy (non-hydrogen) atoms. The monoisotopic (exact) mass is 404 g/mol. The average Bonchev–Trinajstić information content (AvgIpc) is 2.80. The Morgan fingerprint density at radius 1 is 1.07 bits per heavy atom. The molecule has 0 bridgehead atoms. The molecule has 1 saturated heterocycles. The maximum atomic E-state index is 12.4. The van der Waals surface area contributed by atoms with Gasteiger partial charge in [-0.15, -0.1) is 0 Å². The van der Waals surface area contributed by atoms with Gasteiger partial charge in [-0.1, -0.05) is 25.1 Å². The van der Waals surface area contributed by atoms with Crippen molar-refractivity contribution in [2.45, 2.75) is 13.3 Å². The quantitative estimate of drug-likeness (QED) is 0.574. The van der Waals surface area contributed by atoms with Crippen LogP contribution in [0.5, 0.6) is 0 Å². The van der Waals surface area contributed by atoms with E-state index in [0.29, 0.717) is 29.7 Å². The molecule has 1 aromatic carbocycles. The summed E-state index contributed by atoms with van der Waals surface area (Å²) in [7, 11) is 0. The van der Waals surface area contributed by atoms with E-state index in [1.807, 2.05) is 37.3 Å². The van der Waals surface area contributed by atoms with Crippen LogP contribution in [0.1, 0.15) is 23.1 Å². The molecule has 0 spiro atoms. The maximum absolute atomic E-state index is 12.4. The molecule has 1 aliphatic heterocycles. The van der Waals surface area contributed by atoms with Crippen molar-refractivity contribution in [3.05, 3.63) is 60.0 Å². The van der Waals surface area contributed by atoms with Crippen LogP contribution >= 0.6 is 0 Å². The van der Waals surface area contributed by atoms with Gasteiger partial charge >= 0.3 is 0 Å². The third kappa shape index (κ3) is 4.87. The normalized spacial score (nSPS) is 13.7. The van der Waals surface area contributed by atoms with Gasteiger partial charge < -0.3 is 20.9 Å². The Morgan fingerprint density at radius 2 is 1.87 bits per heavy atom. The molecule has 9 heteroatoms. The number of hydrogen-bond donors (Lipinski definition) is 3. The second-order valence-electron chi connectivity index (χ2n) is 6.84. The lowest BCUT2D eigenvalue weighted by atomic mass is 10.2. The number of amides is 1. The first kappa shape index (κ1) is 19.7. The van der Waals surface area contributed by atoms with Crippen molar-refractivity contribution in [3.8, 4) is 0 Å². The first-order valence-electron chi connectivity index (χ1n) is 10.0. The molecule has 2 aromatic heterocycles. The van der Waals surface area contributed by atoms with Gasteiger partial charge in [-0.3, -0.25) is 4.79 Å². The molecule has 0 unspecified atom stereocenters. The van der Waals surface area contributed by atoms with Crippen molar-refractivity contribution in [1.29, 1.82) is 0 Å². The van der Waals surface area contributed by atoms with Crippen molar-refractivity contribution < 1.29 is 4.79 Å². The van der Waals surface area contributed by atoms with Crippen LogP contribution in [0.3, 0.4) is 0 Å². The van der Waals surface area contributed by atoms with E-state index in [2.05, 4.69) is 40.8 Å². The number of carbonyl (C=O) groups is 1. The zero-order valence-corrected chi connectivity index (χ0v) is 16.8. The minimum absolute atomic E-state index is 0.213. The molecule has 3 N–H and O–H groups in total. The van der Waals surface area contributed by atoms with Gasteiger partial charge in [-0.05, 0) is 24.3 Å². The van der Waals surface area contributed by atoms with Gasteiger partial charge in [0.25, 0.3) is 5.91 Å². The number of pyridine rings is 1. The Hall–Kier alpha value is -3.59. The summed E-state index contributed by atoms with van der Waals surface area (Å²) in [5.74, 6) is 2.19. The highest BCUT2D eigenvalue weighted by atomic mass is 16.1. The van der Waals surface area contributed by atoms with Crippen molar-refractivity contribution in [1.82, 2.24) is 25.3 Å². The highest BCUT2D eigenvalue weighted by Gasteiger charge is 2.16. The Labute approximate surface area is 175 Å². The lowest BCUT2D eigenvalue weighted by Crippen LogP contribution is -2.44. The Morgan fingerprint density at radius 3 is 2.57 bits per heavy atom. The van der Waals surface area contributed by atoms with Crippen LogP contribution in [-0.2, 0) is 6.42 Å². The number of anilines is 4. The number of nitrogens with one attached hydrogen (secondary N) is 3. The number of hydrogen-bond acceptors (Lipinski definition) is 8. The molecular formula is C21H24N8O. The number of piperazine rings is 1. The summed E-state index contributed by atoms with van der Waals surface area (Å²) < 4.78 is 0. The fraction of sp³-hybridized carbons (Fsp3) is 0.286. The number of aryl methyl sites for hydroxylation is 1. The number of para-hydroxylation sites is 1. The van der Waals surface area contributed by atoms with Gasteiger partial charge in [-0.2, -0.15) is 15.0 Å². The predicted molar refractivity (Wildman–Crippen MR) is 116 cm³/mol. The van der Waals surface area contributed by atoms with Crippen LogP contribution < -0.4 is 20.9 Å². The largest absolute Gasteiger partial charge is 0.338 e. The summed E-state index contributed by atoms with van der Waals surface area (Å²) >= 11 is 0. The van der Waals surface area contributed by atoms with Crippen molar-refractivity contribution >= 4 is 29.3 Å². The number of carbonyl (C=O) groups excluding carboxylic acids is 1. The smallest absolute Gasteiger partial charge is 0.257 e. The number of benzene rings is 1. The molecule has 3 heterocycles. The molecular weight excluding hydrogens is 380 g/mol. The Kier molecular flexibility index (Phi) is 6.09. The molecule has 154 valence electrons. The number of rotatable bonds is 6. The molecule has 1 fully saturated rings. The van der Waals surface area contributed by atoms with Crippen LogP contribution in [0.15, 0.2) is 48.7 Å². The molecule has 0 aliphatic carbocycles. The SMILES string of the molecule is CCc1nc(Nc2ccc(C(=O)Nc3ccccc3)cn2)nc(N2CCNCC2)n1. The van der Waals surface area contributed by atoms with Crippen molar-refractivity contribution in [2.75, 3.05) is 41.7 Å². The first-order chi connectivity index (χ1) is 14.7. The van der Waals surface area contributed by atoms with Gasteiger partial charge in [0.1, 0.15) is 11.6 Å². The summed E-state index contributed by atoms with van der Waals surface area (Å²) in [6.07, 6.45) is 2.24. The molecule has 0 atom stereocenters. The van der Waals surface area contributed by atoms with Crippen LogP contribution in [0.4, 0.5) is 23.4 Å². The first-order valence-corrected chi connectivity index (χ1v) is 10.0. The summed E-state index contributed by atoms with van der Waals surface area (Å²) in [6, 6.07) is 12.8. The van der Waals surface area contributed by atoms with Gasteiger partial charge in [0.15, 0.2) is 0 Å². The van der Waals surface area contributed by atoms with E-state index < -0.39 is 0 Å². The van der Waals surface area contributed by atoms with Gasteiger partial charge in [0.05, 0.1) is 5.56 Å². The van der Waals surface area contributed by atoms with Crippen LogP contribution in [0.2, 0.25) is 0 Å². The van der Waals surface area contributed by atoms with Crippen LogP contribution in [0.25, 0.3) is 0 Å². The zero-order valence-electron chi connectivity index (χ0n) is 16.8. The molecule has 1 aliphatic rings. The van der Waals surface area contributed by atoms with Crippen molar-refractivity contribution in [3.63, 3.8) is 0 Å². The van der Waals surface area contributed by atoms with Crippen molar-refractivity contribution in [2.24, 2.45) is 0 Å². The number of aromatic nitrogens is 4. The molecule has 3 aromatic rings. The topological polar surface area (TPSA) is 108 Å². The van der Waals surface area contributed by atoms with Crippen LogP contribution in [0, 0.1) is 0 Å². The van der Waals surface area contributed by atoms with E-state index in [1.54, 1.807) is 12.1 Å². The highest BCUT2D eigenvalue weighted by molar-refractivity contribution is 6.04. The third-order valence-corrected chi connectivity index (χ3v) is 4.68. The minimum Gasteiger partial charge on any atom is -0.338 e. The van der Waals surface area contributed by atoms with E-state index in [0.717, 1.165) is 37.7 Å². The summed E-state index contributed by atoms with van der Waals surface area (Å²) in [5.41, 5.74) is 1.21. The second-order valence-corrected chi connectivity index (χ2v) is 6.84. The van der Waals surface area contributed by atoms with E-state index in [-0.39, 0.29) is 5.91 Å². The molecule has 0 radical (unpaired) electrons. The van der Waals surface area contributed by atoms with Gasteiger partial charge in [0.2, 0.25) is 11.9 Å². The van der Waals surface area contributed by atoms with E-state index in [9.17, 15) is 4.79 Å². The van der Waals surface area contributed by atoms with Gasteiger partial charge in [0, 0.05) is 44.5 Å². The number of nitrogens with zero attached hydrogens (tertiary/aromatic N) is 5. The molecule has 1 amide bonds. The van der Waals surface area contributed by atoms with Gasteiger partial charge in [-0.25, -0.2) is 4.98 Å². The standard InChI is InChI=1S/C21H24N8O/c1-2-17-25-20(28-21(27-17)29-12-10-22-11-13-29)26-18-9-8-15(14-23-18)19(30)24-16-6-4-3-5-7-16/h3-9,14,22H,2,10-13H2,1H3,(H,24,30)(H,23,25,26,27,28). The highest BCUT2D eigenvalue weighted by Crippen LogP contribution is 2.16.